The molecule has 0 unspecified atom stereocenters. The molecule has 1 aromatic carbocycles. The highest BCUT2D eigenvalue weighted by Gasteiger charge is 2.04. The Kier molecular flexibility index (Phi) is 2.64. The summed E-state index contributed by atoms with van der Waals surface area (Å²) in [7, 11) is 4.11. The standard InChI is InChI=1S/C12H16N2O/c1-14(2)7-6-10-8-9-4-3-5-11(15)12(9)13-10/h3-5,8,13,15H,6-7H2,1-2H3. The van der Waals surface area contributed by atoms with Gasteiger partial charge in [-0.05, 0) is 26.2 Å². The Labute approximate surface area is 89.3 Å². The molecule has 3 nitrogen and oxygen atoms in total. The largest absolute Gasteiger partial charge is 0.506 e. The van der Waals surface area contributed by atoms with Crippen LogP contribution in [0.15, 0.2) is 24.3 Å². The monoisotopic (exact) mass is 204 g/mol. The van der Waals surface area contributed by atoms with Crippen molar-refractivity contribution in [1.29, 1.82) is 0 Å². The Hall–Kier alpha value is -1.48. The van der Waals surface area contributed by atoms with Crippen LogP contribution in [0.2, 0.25) is 0 Å². The van der Waals surface area contributed by atoms with Gasteiger partial charge in [0.05, 0.1) is 5.52 Å². The second kappa shape index (κ2) is 3.95. The lowest BCUT2D eigenvalue weighted by Gasteiger charge is -2.07. The fourth-order valence-corrected chi connectivity index (χ4v) is 1.68. The van der Waals surface area contributed by atoms with Gasteiger partial charge in [0, 0.05) is 24.0 Å². The summed E-state index contributed by atoms with van der Waals surface area (Å²) in [6.07, 6.45) is 0.973. The number of rotatable bonds is 3. The maximum atomic E-state index is 9.62. The predicted molar refractivity (Wildman–Crippen MR) is 62.2 cm³/mol. The zero-order valence-corrected chi connectivity index (χ0v) is 9.12. The van der Waals surface area contributed by atoms with Crippen LogP contribution < -0.4 is 0 Å². The first-order valence-corrected chi connectivity index (χ1v) is 5.11. The number of H-pyrrole nitrogens is 1. The molecule has 0 aliphatic rings. The van der Waals surface area contributed by atoms with Gasteiger partial charge in [-0.2, -0.15) is 0 Å². The summed E-state index contributed by atoms with van der Waals surface area (Å²) in [5.74, 6) is 0.323. The molecule has 0 saturated heterocycles. The van der Waals surface area contributed by atoms with Crippen molar-refractivity contribution in [3.8, 4) is 5.75 Å². The zero-order valence-electron chi connectivity index (χ0n) is 9.12. The van der Waals surface area contributed by atoms with Crippen molar-refractivity contribution in [1.82, 2.24) is 9.88 Å². The summed E-state index contributed by atoms with van der Waals surface area (Å²) in [5.41, 5.74) is 2.01. The number of para-hydroxylation sites is 1. The molecule has 80 valence electrons. The summed E-state index contributed by atoms with van der Waals surface area (Å²) in [6, 6.07) is 7.67. The van der Waals surface area contributed by atoms with Crippen LogP contribution in [0.5, 0.6) is 5.75 Å². The summed E-state index contributed by atoms with van der Waals surface area (Å²) < 4.78 is 0. The van der Waals surface area contributed by atoms with Crippen LogP contribution >= 0.6 is 0 Å². The molecule has 0 radical (unpaired) electrons. The first-order valence-electron chi connectivity index (χ1n) is 5.11. The van der Waals surface area contributed by atoms with Crippen molar-refractivity contribution in [2.24, 2.45) is 0 Å². The molecule has 1 heterocycles. The lowest BCUT2D eigenvalue weighted by Crippen LogP contribution is -2.15. The molecule has 2 aromatic rings. The van der Waals surface area contributed by atoms with E-state index >= 15 is 0 Å². The van der Waals surface area contributed by atoms with E-state index in [0.29, 0.717) is 5.75 Å². The highest BCUT2D eigenvalue weighted by molar-refractivity contribution is 5.85. The third kappa shape index (κ3) is 2.13. The van der Waals surface area contributed by atoms with Crippen molar-refractivity contribution < 1.29 is 5.11 Å². The number of aromatic nitrogens is 1. The number of likely N-dealkylation sites (N-methyl/N-ethyl adjacent to an activating group) is 1. The number of nitrogens with one attached hydrogen (secondary N) is 1. The summed E-state index contributed by atoms with van der Waals surface area (Å²) >= 11 is 0. The van der Waals surface area contributed by atoms with Gasteiger partial charge in [0.1, 0.15) is 5.75 Å². The van der Waals surface area contributed by atoms with Gasteiger partial charge in [-0.25, -0.2) is 0 Å². The summed E-state index contributed by atoms with van der Waals surface area (Å²) in [5, 5.41) is 10.7. The van der Waals surface area contributed by atoms with Crippen LogP contribution in [0, 0.1) is 0 Å². The molecule has 2 N–H and O–H groups in total. The van der Waals surface area contributed by atoms with Gasteiger partial charge in [0.25, 0.3) is 0 Å². The van der Waals surface area contributed by atoms with Gasteiger partial charge >= 0.3 is 0 Å². The molecule has 0 spiro atoms. The molecule has 0 bridgehead atoms. The lowest BCUT2D eigenvalue weighted by molar-refractivity contribution is 0.412. The number of aromatic hydroxyl groups is 1. The Morgan fingerprint density at radius 1 is 1.33 bits per heavy atom. The molecule has 1 aromatic heterocycles. The van der Waals surface area contributed by atoms with Gasteiger partial charge in [0.2, 0.25) is 0 Å². The first kappa shape index (κ1) is 10.1. The number of benzene rings is 1. The highest BCUT2D eigenvalue weighted by Crippen LogP contribution is 2.24. The predicted octanol–water partition coefficient (Wildman–Crippen LogP) is 1.98. The molecular weight excluding hydrogens is 188 g/mol. The van der Waals surface area contributed by atoms with E-state index in [-0.39, 0.29) is 0 Å². The molecular formula is C12H16N2O. The number of hydrogen-bond acceptors (Lipinski definition) is 2. The van der Waals surface area contributed by atoms with Crippen LogP contribution in [0.1, 0.15) is 5.69 Å². The third-order valence-corrected chi connectivity index (χ3v) is 2.52. The number of nitrogens with zero attached hydrogens (tertiary/aromatic N) is 1. The summed E-state index contributed by atoms with van der Waals surface area (Å²) in [6.45, 7) is 1.01. The minimum Gasteiger partial charge on any atom is -0.506 e. The topological polar surface area (TPSA) is 39.3 Å². The second-order valence-electron chi connectivity index (χ2n) is 4.09. The molecule has 0 aliphatic carbocycles. The quantitative estimate of drug-likeness (QED) is 0.802. The van der Waals surface area contributed by atoms with E-state index in [4.69, 9.17) is 0 Å². The molecule has 0 amide bonds. The number of aromatic amines is 1. The highest BCUT2D eigenvalue weighted by atomic mass is 16.3. The van der Waals surface area contributed by atoms with Gasteiger partial charge in [-0.15, -0.1) is 0 Å². The van der Waals surface area contributed by atoms with Gasteiger partial charge in [-0.3, -0.25) is 0 Å². The van der Waals surface area contributed by atoms with E-state index in [1.807, 2.05) is 12.1 Å². The SMILES string of the molecule is CN(C)CCc1cc2cccc(O)c2[nH]1. The minimum absolute atomic E-state index is 0.323. The lowest BCUT2D eigenvalue weighted by atomic mass is 10.2. The van der Waals surface area contributed by atoms with Crippen LogP contribution in [0.4, 0.5) is 0 Å². The van der Waals surface area contributed by atoms with Crippen LogP contribution in [-0.4, -0.2) is 35.6 Å². The number of phenolic OH excluding ortho intramolecular Hbond substituents is 1. The molecule has 0 saturated carbocycles. The van der Waals surface area contributed by atoms with Crippen LogP contribution in [0.25, 0.3) is 10.9 Å². The van der Waals surface area contributed by atoms with E-state index in [9.17, 15) is 5.11 Å². The van der Waals surface area contributed by atoms with Crippen LogP contribution in [0.3, 0.4) is 0 Å². The smallest absolute Gasteiger partial charge is 0.139 e. The average molecular weight is 204 g/mol. The van der Waals surface area contributed by atoms with Crippen LogP contribution in [-0.2, 0) is 6.42 Å². The number of phenols is 1. The summed E-state index contributed by atoms with van der Waals surface area (Å²) in [4.78, 5) is 5.39. The van der Waals surface area contributed by atoms with E-state index in [1.54, 1.807) is 6.07 Å². The second-order valence-corrected chi connectivity index (χ2v) is 4.09. The molecule has 2 rings (SSSR count). The van der Waals surface area contributed by atoms with E-state index in [0.717, 1.165) is 23.9 Å². The zero-order chi connectivity index (χ0) is 10.8. The third-order valence-electron chi connectivity index (χ3n) is 2.52. The van der Waals surface area contributed by atoms with Gasteiger partial charge < -0.3 is 15.0 Å². The van der Waals surface area contributed by atoms with Crippen molar-refractivity contribution in [2.45, 2.75) is 6.42 Å². The maximum absolute atomic E-state index is 9.62. The fraction of sp³-hybridized carbons (Fsp3) is 0.333. The first-order chi connectivity index (χ1) is 7.16. The van der Waals surface area contributed by atoms with Gasteiger partial charge in [0.15, 0.2) is 0 Å². The molecule has 15 heavy (non-hydrogen) atoms. The number of hydrogen-bond donors (Lipinski definition) is 2. The van der Waals surface area contributed by atoms with E-state index < -0.39 is 0 Å². The Morgan fingerprint density at radius 3 is 2.80 bits per heavy atom. The Bertz CT molecular complexity index is 460. The van der Waals surface area contributed by atoms with E-state index in [2.05, 4.69) is 30.0 Å². The van der Waals surface area contributed by atoms with Crippen molar-refractivity contribution >= 4 is 10.9 Å². The molecule has 0 fully saturated rings. The molecule has 3 heteroatoms. The Morgan fingerprint density at radius 2 is 2.13 bits per heavy atom. The normalized spacial score (nSPS) is 11.4. The average Bonchev–Trinajstić information content (AvgIpc) is 2.59. The number of fused-ring (bicyclic) bond motifs is 1. The van der Waals surface area contributed by atoms with E-state index in [1.165, 1.54) is 5.69 Å². The fourth-order valence-electron chi connectivity index (χ4n) is 1.68. The molecule has 0 aliphatic heterocycles. The van der Waals surface area contributed by atoms with Crippen molar-refractivity contribution in [3.63, 3.8) is 0 Å². The Balaban J connectivity index is 2.27. The van der Waals surface area contributed by atoms with Gasteiger partial charge in [-0.1, -0.05) is 12.1 Å². The minimum atomic E-state index is 0.323. The van der Waals surface area contributed by atoms with Crippen molar-refractivity contribution in [2.75, 3.05) is 20.6 Å². The van der Waals surface area contributed by atoms with Crippen molar-refractivity contribution in [3.05, 3.63) is 30.0 Å². The molecule has 0 atom stereocenters. The maximum Gasteiger partial charge on any atom is 0.139 e.